The van der Waals surface area contributed by atoms with E-state index in [9.17, 15) is 4.79 Å². The topological polar surface area (TPSA) is 47.6 Å². The number of hydrogen-bond acceptors (Lipinski definition) is 4. The Kier molecular flexibility index (Phi) is 3.37. The highest BCUT2D eigenvalue weighted by Gasteiger charge is 2.12. The van der Waals surface area contributed by atoms with Crippen molar-refractivity contribution in [1.29, 1.82) is 0 Å². The number of anilines is 1. The van der Waals surface area contributed by atoms with Crippen LogP contribution in [0.2, 0.25) is 0 Å². The third kappa shape index (κ3) is 2.64. The van der Waals surface area contributed by atoms with Crippen LogP contribution in [-0.2, 0) is 0 Å². The number of ether oxygens (including phenoxy) is 2. The predicted molar refractivity (Wildman–Crippen MR) is 76.1 cm³/mol. The molecule has 1 aliphatic heterocycles. The summed E-state index contributed by atoms with van der Waals surface area (Å²) in [6.07, 6.45) is 3.12. The Morgan fingerprint density at radius 3 is 2.70 bits per heavy atom. The van der Waals surface area contributed by atoms with Gasteiger partial charge >= 0.3 is 0 Å². The van der Waals surface area contributed by atoms with Crippen molar-refractivity contribution < 1.29 is 14.3 Å². The van der Waals surface area contributed by atoms with Crippen LogP contribution in [0.15, 0.2) is 60.8 Å². The van der Waals surface area contributed by atoms with E-state index in [1.54, 1.807) is 18.3 Å². The first-order valence-corrected chi connectivity index (χ1v) is 6.25. The Labute approximate surface area is 116 Å². The molecule has 20 heavy (non-hydrogen) atoms. The molecule has 0 saturated carbocycles. The Morgan fingerprint density at radius 2 is 1.85 bits per heavy atom. The first kappa shape index (κ1) is 12.3. The third-order valence-electron chi connectivity index (χ3n) is 2.92. The van der Waals surface area contributed by atoms with Crippen molar-refractivity contribution in [3.63, 3.8) is 0 Å². The van der Waals surface area contributed by atoms with E-state index in [2.05, 4.69) is 5.32 Å². The number of ketones is 1. The molecule has 1 heterocycles. The second-order valence-corrected chi connectivity index (χ2v) is 4.28. The lowest BCUT2D eigenvalue weighted by Gasteiger charge is -2.02. The molecule has 0 atom stereocenters. The van der Waals surface area contributed by atoms with Gasteiger partial charge in [-0.05, 0) is 12.1 Å². The molecule has 0 fully saturated rings. The van der Waals surface area contributed by atoms with Gasteiger partial charge < -0.3 is 14.8 Å². The van der Waals surface area contributed by atoms with E-state index >= 15 is 0 Å². The molecule has 2 aromatic carbocycles. The quantitative estimate of drug-likeness (QED) is 0.682. The van der Waals surface area contributed by atoms with Crippen molar-refractivity contribution in [3.8, 4) is 11.5 Å². The van der Waals surface area contributed by atoms with Gasteiger partial charge in [-0.15, -0.1) is 0 Å². The molecule has 4 heteroatoms. The van der Waals surface area contributed by atoms with E-state index in [-0.39, 0.29) is 12.6 Å². The summed E-state index contributed by atoms with van der Waals surface area (Å²) >= 11 is 0. The summed E-state index contributed by atoms with van der Waals surface area (Å²) in [5.41, 5.74) is 1.50. The standard InChI is InChI=1S/C16H13NO3/c18-14(12-4-2-1-3-5-12)8-9-17-13-6-7-15-16(10-13)20-11-19-15/h1-10,17H,11H2. The lowest BCUT2D eigenvalue weighted by Crippen LogP contribution is -1.95. The summed E-state index contributed by atoms with van der Waals surface area (Å²) in [6, 6.07) is 14.7. The van der Waals surface area contributed by atoms with Crippen molar-refractivity contribution in [3.05, 3.63) is 66.4 Å². The summed E-state index contributed by atoms with van der Waals surface area (Å²) < 4.78 is 10.5. The lowest BCUT2D eigenvalue weighted by molar-refractivity contribution is 0.104. The highest BCUT2D eigenvalue weighted by molar-refractivity contribution is 6.04. The molecule has 100 valence electrons. The fraction of sp³-hybridized carbons (Fsp3) is 0.0625. The molecule has 0 amide bonds. The molecule has 1 N–H and O–H groups in total. The molecular weight excluding hydrogens is 254 g/mol. The Morgan fingerprint density at radius 1 is 1.05 bits per heavy atom. The van der Waals surface area contributed by atoms with Crippen LogP contribution >= 0.6 is 0 Å². The van der Waals surface area contributed by atoms with Crippen LogP contribution in [0.1, 0.15) is 10.4 Å². The van der Waals surface area contributed by atoms with Crippen molar-refractivity contribution in [2.45, 2.75) is 0 Å². The average Bonchev–Trinajstić information content (AvgIpc) is 2.95. The summed E-state index contributed by atoms with van der Waals surface area (Å²) in [4.78, 5) is 11.9. The minimum atomic E-state index is -0.0427. The highest BCUT2D eigenvalue weighted by atomic mass is 16.7. The third-order valence-corrected chi connectivity index (χ3v) is 2.92. The monoisotopic (exact) mass is 267 g/mol. The van der Waals surface area contributed by atoms with Crippen LogP contribution in [-0.4, -0.2) is 12.6 Å². The van der Waals surface area contributed by atoms with Crippen LogP contribution < -0.4 is 14.8 Å². The van der Waals surface area contributed by atoms with Crippen molar-refractivity contribution in [2.24, 2.45) is 0 Å². The van der Waals surface area contributed by atoms with Crippen LogP contribution in [0.4, 0.5) is 5.69 Å². The van der Waals surface area contributed by atoms with Crippen LogP contribution in [0, 0.1) is 0 Å². The van der Waals surface area contributed by atoms with Crippen LogP contribution in [0.25, 0.3) is 0 Å². The van der Waals surface area contributed by atoms with Gasteiger partial charge in [-0.1, -0.05) is 30.3 Å². The molecule has 0 spiro atoms. The number of allylic oxidation sites excluding steroid dienone is 1. The number of fused-ring (bicyclic) bond motifs is 1. The second-order valence-electron chi connectivity index (χ2n) is 4.28. The van der Waals surface area contributed by atoms with Gasteiger partial charge in [0.25, 0.3) is 0 Å². The van der Waals surface area contributed by atoms with E-state index in [0.717, 1.165) is 11.4 Å². The maximum atomic E-state index is 11.9. The van der Waals surface area contributed by atoms with E-state index < -0.39 is 0 Å². The van der Waals surface area contributed by atoms with Crippen LogP contribution in [0.3, 0.4) is 0 Å². The molecule has 0 saturated heterocycles. The van der Waals surface area contributed by atoms with Gasteiger partial charge in [0, 0.05) is 29.6 Å². The molecule has 0 bridgehead atoms. The maximum absolute atomic E-state index is 11.9. The fourth-order valence-electron chi connectivity index (χ4n) is 1.90. The van der Waals surface area contributed by atoms with Crippen molar-refractivity contribution in [2.75, 3.05) is 12.1 Å². The smallest absolute Gasteiger partial charge is 0.231 e. The summed E-state index contributed by atoms with van der Waals surface area (Å²) in [5.74, 6) is 1.40. The lowest BCUT2D eigenvalue weighted by atomic mass is 10.1. The number of carbonyl (C=O) groups is 1. The van der Waals surface area contributed by atoms with Crippen molar-refractivity contribution in [1.82, 2.24) is 0 Å². The molecule has 2 aromatic rings. The van der Waals surface area contributed by atoms with Crippen LogP contribution in [0.5, 0.6) is 11.5 Å². The maximum Gasteiger partial charge on any atom is 0.231 e. The SMILES string of the molecule is O=C(C=CNc1ccc2c(c1)OCO2)c1ccccc1. The normalized spacial score (nSPS) is 12.6. The minimum absolute atomic E-state index is 0.0427. The fourth-order valence-corrected chi connectivity index (χ4v) is 1.90. The van der Waals surface area contributed by atoms with Gasteiger partial charge in [0.05, 0.1) is 0 Å². The largest absolute Gasteiger partial charge is 0.454 e. The zero-order valence-electron chi connectivity index (χ0n) is 10.7. The Bertz CT molecular complexity index is 650. The number of nitrogens with one attached hydrogen (secondary N) is 1. The first-order chi connectivity index (χ1) is 9.83. The second kappa shape index (κ2) is 5.48. The van der Waals surface area contributed by atoms with E-state index in [0.29, 0.717) is 11.3 Å². The first-order valence-electron chi connectivity index (χ1n) is 6.25. The summed E-state index contributed by atoms with van der Waals surface area (Å²) in [7, 11) is 0. The Balaban J connectivity index is 1.65. The zero-order chi connectivity index (χ0) is 13.8. The summed E-state index contributed by atoms with van der Waals surface area (Å²) in [6.45, 7) is 0.251. The van der Waals surface area contributed by atoms with E-state index in [1.807, 2.05) is 36.4 Å². The van der Waals surface area contributed by atoms with Gasteiger partial charge in [0.2, 0.25) is 6.79 Å². The zero-order valence-corrected chi connectivity index (χ0v) is 10.7. The van der Waals surface area contributed by atoms with Gasteiger partial charge in [-0.25, -0.2) is 0 Å². The van der Waals surface area contributed by atoms with Crippen molar-refractivity contribution >= 4 is 11.5 Å². The van der Waals surface area contributed by atoms with Gasteiger partial charge in [-0.3, -0.25) is 4.79 Å². The molecule has 0 aliphatic carbocycles. The molecular formula is C16H13NO3. The van der Waals surface area contributed by atoms with Gasteiger partial charge in [-0.2, -0.15) is 0 Å². The van der Waals surface area contributed by atoms with Gasteiger partial charge in [0.1, 0.15) is 0 Å². The molecule has 0 unspecified atom stereocenters. The number of hydrogen-bond donors (Lipinski definition) is 1. The Hall–Kier alpha value is -2.75. The predicted octanol–water partition coefficient (Wildman–Crippen LogP) is 3.22. The molecule has 1 aliphatic rings. The molecule has 0 aromatic heterocycles. The van der Waals surface area contributed by atoms with Gasteiger partial charge in [0.15, 0.2) is 17.3 Å². The molecule has 3 rings (SSSR count). The molecule has 0 radical (unpaired) electrons. The number of benzene rings is 2. The number of rotatable bonds is 4. The molecule has 4 nitrogen and oxygen atoms in total. The average molecular weight is 267 g/mol. The number of carbonyl (C=O) groups excluding carboxylic acids is 1. The van der Waals surface area contributed by atoms with E-state index in [4.69, 9.17) is 9.47 Å². The summed E-state index contributed by atoms with van der Waals surface area (Å²) in [5, 5.41) is 3.04. The highest BCUT2D eigenvalue weighted by Crippen LogP contribution is 2.34. The minimum Gasteiger partial charge on any atom is -0.454 e. The van der Waals surface area contributed by atoms with E-state index in [1.165, 1.54) is 6.08 Å².